The average Bonchev–Trinajstić information content (AvgIpc) is 2.52. The van der Waals surface area contributed by atoms with Crippen molar-refractivity contribution in [3.05, 3.63) is 59.4 Å². The Hall–Kier alpha value is -2.73. The first kappa shape index (κ1) is 18.6. The van der Waals surface area contributed by atoms with E-state index in [1.807, 2.05) is 31.2 Å². The van der Waals surface area contributed by atoms with Crippen LogP contribution in [0.25, 0.3) is 0 Å². The zero-order valence-electron chi connectivity index (χ0n) is 14.7. The minimum atomic E-state index is -0.365. The maximum absolute atomic E-state index is 13.5. The molecule has 5 nitrogen and oxygen atoms in total. The molecule has 0 aliphatic carbocycles. The average molecular weight is 344 g/mol. The molecular weight excluding hydrogens is 321 g/mol. The highest BCUT2D eigenvalue weighted by Crippen LogP contribution is 2.13. The molecule has 25 heavy (non-hydrogen) atoms. The molecule has 0 aromatic heterocycles. The zero-order chi connectivity index (χ0) is 18.4. The summed E-state index contributed by atoms with van der Waals surface area (Å²) in [6, 6.07) is 12.0. The van der Waals surface area contributed by atoms with Crippen molar-refractivity contribution < 1.29 is 18.9 Å². The first-order chi connectivity index (χ1) is 11.8. The molecule has 2 aromatic carbocycles. The van der Waals surface area contributed by atoms with Gasteiger partial charge in [-0.05, 0) is 43.7 Å². The highest BCUT2D eigenvalue weighted by atomic mass is 19.1. The maximum Gasteiger partial charge on any atom is 0.279 e. The second kappa shape index (κ2) is 8.39. The molecule has 0 fully saturated rings. The fourth-order valence-corrected chi connectivity index (χ4v) is 2.33. The molecule has 6 heteroatoms. The number of benzene rings is 2. The molecule has 0 heterocycles. The number of anilines is 2. The summed E-state index contributed by atoms with van der Waals surface area (Å²) < 4.78 is 13.5. The van der Waals surface area contributed by atoms with E-state index in [0.29, 0.717) is 11.3 Å². The molecule has 0 saturated heterocycles. The van der Waals surface area contributed by atoms with E-state index in [4.69, 9.17) is 0 Å². The second-order valence-corrected chi connectivity index (χ2v) is 6.24. The van der Waals surface area contributed by atoms with Crippen LogP contribution in [0.3, 0.4) is 0 Å². The van der Waals surface area contributed by atoms with E-state index in [-0.39, 0.29) is 30.7 Å². The molecular formula is C19H23FN3O2+. The lowest BCUT2D eigenvalue weighted by Gasteiger charge is -2.14. The van der Waals surface area contributed by atoms with Crippen LogP contribution in [0, 0.1) is 19.7 Å². The van der Waals surface area contributed by atoms with Gasteiger partial charge in [-0.2, -0.15) is 0 Å². The summed E-state index contributed by atoms with van der Waals surface area (Å²) in [7, 11) is 1.75. The second-order valence-electron chi connectivity index (χ2n) is 6.24. The predicted molar refractivity (Wildman–Crippen MR) is 96.2 cm³/mol. The van der Waals surface area contributed by atoms with Crippen LogP contribution in [-0.4, -0.2) is 32.0 Å². The van der Waals surface area contributed by atoms with E-state index in [2.05, 4.69) is 10.6 Å². The molecule has 0 spiro atoms. The van der Waals surface area contributed by atoms with Gasteiger partial charge in [0.2, 0.25) is 0 Å². The van der Waals surface area contributed by atoms with E-state index in [9.17, 15) is 14.0 Å². The van der Waals surface area contributed by atoms with Gasteiger partial charge >= 0.3 is 0 Å². The van der Waals surface area contributed by atoms with Gasteiger partial charge in [0, 0.05) is 11.4 Å². The molecule has 132 valence electrons. The van der Waals surface area contributed by atoms with E-state index < -0.39 is 0 Å². The molecule has 3 N–H and O–H groups in total. The molecule has 0 aliphatic rings. The third-order valence-electron chi connectivity index (χ3n) is 3.72. The minimum Gasteiger partial charge on any atom is -0.322 e. The molecule has 0 saturated carbocycles. The summed E-state index contributed by atoms with van der Waals surface area (Å²) in [5, 5.41) is 5.43. The van der Waals surface area contributed by atoms with Crippen LogP contribution in [0.15, 0.2) is 42.5 Å². The Bertz CT molecular complexity index is 760. The van der Waals surface area contributed by atoms with Gasteiger partial charge in [-0.25, -0.2) is 4.39 Å². The van der Waals surface area contributed by atoms with E-state index in [1.54, 1.807) is 26.1 Å². The number of aryl methyl sites for hydroxylation is 2. The van der Waals surface area contributed by atoms with E-state index in [0.717, 1.165) is 16.2 Å². The van der Waals surface area contributed by atoms with Crippen LogP contribution in [0.4, 0.5) is 15.8 Å². The molecule has 1 unspecified atom stereocenters. The zero-order valence-corrected chi connectivity index (χ0v) is 14.7. The van der Waals surface area contributed by atoms with Gasteiger partial charge in [-0.15, -0.1) is 0 Å². The number of hydrogen-bond donors (Lipinski definition) is 3. The Morgan fingerprint density at radius 1 is 0.920 bits per heavy atom. The monoisotopic (exact) mass is 344 g/mol. The maximum atomic E-state index is 13.5. The highest BCUT2D eigenvalue weighted by Gasteiger charge is 2.15. The number of halogens is 1. The molecule has 1 atom stereocenters. The summed E-state index contributed by atoms with van der Waals surface area (Å²) in [5.41, 5.74) is 2.77. The van der Waals surface area contributed by atoms with E-state index >= 15 is 0 Å². The first-order valence-electron chi connectivity index (χ1n) is 8.07. The summed E-state index contributed by atoms with van der Waals surface area (Å²) in [6.45, 7) is 3.90. The number of likely N-dealkylation sites (N-methyl/N-ethyl adjacent to an activating group) is 1. The van der Waals surface area contributed by atoms with Crippen LogP contribution in [0.2, 0.25) is 0 Å². The Balaban J connectivity index is 1.81. The van der Waals surface area contributed by atoms with Crippen molar-refractivity contribution >= 4 is 23.2 Å². The molecule has 2 rings (SSSR count). The van der Waals surface area contributed by atoms with E-state index in [1.165, 1.54) is 6.07 Å². The lowest BCUT2D eigenvalue weighted by atomic mass is 10.2. The summed E-state index contributed by atoms with van der Waals surface area (Å²) in [6.07, 6.45) is 0. The van der Waals surface area contributed by atoms with Crippen molar-refractivity contribution in [1.82, 2.24) is 0 Å². The standard InChI is InChI=1S/C19H22FN3O2/c1-13-4-7-15(8-5-13)21-18(24)11-23(3)12-19(25)22-16-9-6-14(2)17(20)10-16/h4-10H,11-12H2,1-3H3,(H,21,24)(H,22,25)/p+1. The highest BCUT2D eigenvalue weighted by molar-refractivity contribution is 5.93. The fourth-order valence-electron chi connectivity index (χ4n) is 2.33. The third-order valence-corrected chi connectivity index (χ3v) is 3.72. The summed E-state index contributed by atoms with van der Waals surface area (Å²) in [5.74, 6) is -0.810. The van der Waals surface area contributed by atoms with Crippen LogP contribution in [0.1, 0.15) is 11.1 Å². The van der Waals surface area contributed by atoms with Gasteiger partial charge < -0.3 is 15.5 Å². The van der Waals surface area contributed by atoms with Crippen molar-refractivity contribution in [2.75, 3.05) is 30.8 Å². The van der Waals surface area contributed by atoms with Crippen molar-refractivity contribution in [2.45, 2.75) is 13.8 Å². The molecule has 0 bridgehead atoms. The number of quaternary nitrogens is 1. The number of hydrogen-bond acceptors (Lipinski definition) is 2. The number of amides is 2. The topological polar surface area (TPSA) is 62.6 Å². The van der Waals surface area contributed by atoms with Crippen molar-refractivity contribution in [3.8, 4) is 0 Å². The molecule has 2 amide bonds. The Morgan fingerprint density at radius 3 is 2.00 bits per heavy atom. The molecule has 0 radical (unpaired) electrons. The first-order valence-corrected chi connectivity index (χ1v) is 8.07. The van der Waals surface area contributed by atoms with Gasteiger partial charge in [0.15, 0.2) is 13.1 Å². The smallest absolute Gasteiger partial charge is 0.279 e. The van der Waals surface area contributed by atoms with Crippen LogP contribution in [-0.2, 0) is 9.59 Å². The van der Waals surface area contributed by atoms with Crippen LogP contribution < -0.4 is 15.5 Å². The molecule has 0 aliphatic heterocycles. The normalized spacial score (nSPS) is 11.7. The van der Waals surface area contributed by atoms with Crippen molar-refractivity contribution in [2.24, 2.45) is 0 Å². The van der Waals surface area contributed by atoms with Gasteiger partial charge in [-0.3, -0.25) is 9.59 Å². The third kappa shape index (κ3) is 6.00. The summed E-state index contributed by atoms with van der Waals surface area (Å²) >= 11 is 0. The van der Waals surface area contributed by atoms with Crippen LogP contribution >= 0.6 is 0 Å². The van der Waals surface area contributed by atoms with Crippen molar-refractivity contribution in [3.63, 3.8) is 0 Å². The predicted octanol–water partition coefficient (Wildman–Crippen LogP) is 1.53. The van der Waals surface area contributed by atoms with Gasteiger partial charge in [0.1, 0.15) is 5.82 Å². The largest absolute Gasteiger partial charge is 0.322 e. The number of carbonyl (C=O) groups excluding carboxylic acids is 2. The lowest BCUT2D eigenvalue weighted by molar-refractivity contribution is -0.862. The van der Waals surface area contributed by atoms with Gasteiger partial charge in [0.25, 0.3) is 11.8 Å². The Morgan fingerprint density at radius 2 is 1.44 bits per heavy atom. The summed E-state index contributed by atoms with van der Waals surface area (Å²) in [4.78, 5) is 24.8. The lowest BCUT2D eigenvalue weighted by Crippen LogP contribution is -3.11. The Kier molecular flexibility index (Phi) is 6.25. The Labute approximate surface area is 146 Å². The molecule has 2 aromatic rings. The van der Waals surface area contributed by atoms with Gasteiger partial charge in [-0.1, -0.05) is 23.8 Å². The number of rotatable bonds is 6. The van der Waals surface area contributed by atoms with Crippen molar-refractivity contribution in [1.29, 1.82) is 0 Å². The fraction of sp³-hybridized carbons (Fsp3) is 0.263. The SMILES string of the molecule is Cc1ccc(NC(=O)C[NH+](C)CC(=O)Nc2ccc(C)c(F)c2)cc1. The van der Waals surface area contributed by atoms with Gasteiger partial charge in [0.05, 0.1) is 7.05 Å². The quantitative estimate of drug-likeness (QED) is 0.744. The minimum absolute atomic E-state index is 0.108. The number of carbonyl (C=O) groups is 2. The van der Waals surface area contributed by atoms with Crippen LogP contribution in [0.5, 0.6) is 0 Å². The number of nitrogens with one attached hydrogen (secondary N) is 3.